The lowest BCUT2D eigenvalue weighted by atomic mass is 10.0. The maximum absolute atomic E-state index is 6.21. The van der Waals surface area contributed by atoms with Crippen molar-refractivity contribution >= 4 is 38.9 Å². The van der Waals surface area contributed by atoms with Crippen LogP contribution in [0.15, 0.2) is 28.7 Å². The SMILES string of the molecule is CCNC(c1cc(C)c(Cl)s1)c1ccc(Br)cc1OC. The molecule has 0 spiro atoms. The van der Waals surface area contributed by atoms with E-state index in [2.05, 4.69) is 40.3 Å². The van der Waals surface area contributed by atoms with Crippen LogP contribution < -0.4 is 10.1 Å². The fourth-order valence-electron chi connectivity index (χ4n) is 2.12. The van der Waals surface area contributed by atoms with Gasteiger partial charge in [0.15, 0.2) is 0 Å². The number of ether oxygens (including phenoxy) is 1. The van der Waals surface area contributed by atoms with Crippen LogP contribution in [0, 0.1) is 6.92 Å². The summed E-state index contributed by atoms with van der Waals surface area (Å²) in [6, 6.07) is 8.34. The van der Waals surface area contributed by atoms with Gasteiger partial charge in [-0.25, -0.2) is 0 Å². The summed E-state index contributed by atoms with van der Waals surface area (Å²) in [6.07, 6.45) is 0. The highest BCUT2D eigenvalue weighted by Gasteiger charge is 2.20. The number of benzene rings is 1. The van der Waals surface area contributed by atoms with E-state index < -0.39 is 0 Å². The number of rotatable bonds is 5. The van der Waals surface area contributed by atoms with Crippen LogP contribution in [-0.2, 0) is 0 Å². The molecule has 0 saturated carbocycles. The van der Waals surface area contributed by atoms with E-state index in [0.717, 1.165) is 32.2 Å². The first-order valence-electron chi connectivity index (χ1n) is 6.39. The Morgan fingerprint density at radius 2 is 2.15 bits per heavy atom. The molecule has 1 unspecified atom stereocenters. The van der Waals surface area contributed by atoms with Crippen LogP contribution in [0.3, 0.4) is 0 Å². The minimum absolute atomic E-state index is 0.0965. The number of aryl methyl sites for hydroxylation is 1. The zero-order valence-electron chi connectivity index (χ0n) is 11.7. The first-order chi connectivity index (χ1) is 9.56. The Hall–Kier alpha value is -0.550. The molecule has 0 aliphatic carbocycles. The number of hydrogen-bond acceptors (Lipinski definition) is 3. The monoisotopic (exact) mass is 373 g/mol. The van der Waals surface area contributed by atoms with Gasteiger partial charge in [-0.05, 0) is 37.2 Å². The van der Waals surface area contributed by atoms with Crippen molar-refractivity contribution in [3.05, 3.63) is 49.1 Å². The van der Waals surface area contributed by atoms with E-state index in [1.54, 1.807) is 18.4 Å². The highest BCUT2D eigenvalue weighted by atomic mass is 79.9. The molecular formula is C15H17BrClNOS. The fourth-order valence-corrected chi connectivity index (χ4v) is 3.77. The van der Waals surface area contributed by atoms with Gasteiger partial charge in [-0.15, -0.1) is 11.3 Å². The molecule has 0 fully saturated rings. The molecule has 0 radical (unpaired) electrons. The van der Waals surface area contributed by atoms with Crippen LogP contribution in [0.4, 0.5) is 0 Å². The van der Waals surface area contributed by atoms with Crippen molar-refractivity contribution in [3.63, 3.8) is 0 Å². The van der Waals surface area contributed by atoms with Crippen LogP contribution in [-0.4, -0.2) is 13.7 Å². The van der Waals surface area contributed by atoms with Gasteiger partial charge in [0, 0.05) is 14.9 Å². The normalized spacial score (nSPS) is 12.4. The van der Waals surface area contributed by atoms with Gasteiger partial charge in [0.25, 0.3) is 0 Å². The fraction of sp³-hybridized carbons (Fsp3) is 0.333. The van der Waals surface area contributed by atoms with Crippen molar-refractivity contribution in [1.82, 2.24) is 5.32 Å². The molecule has 1 aromatic carbocycles. The molecule has 1 aromatic heterocycles. The molecule has 2 aromatic rings. The summed E-state index contributed by atoms with van der Waals surface area (Å²) in [4.78, 5) is 1.20. The predicted molar refractivity (Wildman–Crippen MR) is 90.3 cm³/mol. The van der Waals surface area contributed by atoms with Gasteiger partial charge >= 0.3 is 0 Å². The smallest absolute Gasteiger partial charge is 0.125 e. The van der Waals surface area contributed by atoms with E-state index >= 15 is 0 Å². The molecule has 0 saturated heterocycles. The van der Waals surface area contributed by atoms with Crippen LogP contribution >= 0.6 is 38.9 Å². The molecule has 5 heteroatoms. The molecule has 2 rings (SSSR count). The van der Waals surface area contributed by atoms with Gasteiger partial charge in [0.1, 0.15) is 5.75 Å². The number of nitrogens with one attached hydrogen (secondary N) is 1. The first-order valence-corrected chi connectivity index (χ1v) is 8.38. The summed E-state index contributed by atoms with van der Waals surface area (Å²) in [5, 5.41) is 3.51. The van der Waals surface area contributed by atoms with E-state index in [1.807, 2.05) is 19.1 Å². The summed E-state index contributed by atoms with van der Waals surface area (Å²) in [6.45, 7) is 5.00. The molecule has 0 bridgehead atoms. The quantitative estimate of drug-likeness (QED) is 0.778. The number of hydrogen-bond donors (Lipinski definition) is 1. The Labute approximate surface area is 137 Å². The Morgan fingerprint density at radius 3 is 2.70 bits per heavy atom. The largest absolute Gasteiger partial charge is 0.496 e. The molecule has 108 valence electrons. The van der Waals surface area contributed by atoms with Crippen LogP contribution in [0.2, 0.25) is 4.34 Å². The lowest BCUT2D eigenvalue weighted by Crippen LogP contribution is -2.21. The van der Waals surface area contributed by atoms with Gasteiger partial charge in [-0.2, -0.15) is 0 Å². The van der Waals surface area contributed by atoms with Crippen molar-refractivity contribution < 1.29 is 4.74 Å². The lowest BCUT2D eigenvalue weighted by molar-refractivity contribution is 0.404. The summed E-state index contributed by atoms with van der Waals surface area (Å²) in [7, 11) is 1.70. The summed E-state index contributed by atoms with van der Waals surface area (Å²) in [5.74, 6) is 0.868. The summed E-state index contributed by atoms with van der Waals surface area (Å²) in [5.41, 5.74) is 2.24. The second-order valence-corrected chi connectivity index (χ2v) is 7.08. The van der Waals surface area contributed by atoms with E-state index in [1.165, 1.54) is 4.88 Å². The average Bonchev–Trinajstić information content (AvgIpc) is 2.76. The minimum atomic E-state index is 0.0965. The molecule has 0 aliphatic heterocycles. The van der Waals surface area contributed by atoms with Crippen LogP contribution in [0.1, 0.15) is 29.0 Å². The molecule has 0 amide bonds. The standard InChI is InChI=1S/C15H17BrClNOS/c1-4-18-14(13-7-9(2)15(17)20-13)11-6-5-10(16)8-12(11)19-3/h5-8,14,18H,4H2,1-3H3. The molecule has 20 heavy (non-hydrogen) atoms. The van der Waals surface area contributed by atoms with Crippen molar-refractivity contribution in [2.45, 2.75) is 19.9 Å². The van der Waals surface area contributed by atoms with Crippen molar-refractivity contribution in [2.75, 3.05) is 13.7 Å². The third kappa shape index (κ3) is 3.37. The van der Waals surface area contributed by atoms with Gasteiger partial charge < -0.3 is 10.1 Å². The zero-order valence-corrected chi connectivity index (χ0v) is 14.8. The zero-order chi connectivity index (χ0) is 14.7. The first kappa shape index (κ1) is 15.8. The van der Waals surface area contributed by atoms with Gasteiger partial charge in [-0.3, -0.25) is 0 Å². The number of methoxy groups -OCH3 is 1. The predicted octanol–water partition coefficient (Wildman–Crippen LogP) is 5.18. The Bertz CT molecular complexity index is 580. The Morgan fingerprint density at radius 1 is 1.40 bits per heavy atom. The maximum atomic E-state index is 6.21. The molecular weight excluding hydrogens is 358 g/mol. The second kappa shape index (κ2) is 6.94. The van der Waals surface area contributed by atoms with E-state index in [-0.39, 0.29) is 6.04 Å². The van der Waals surface area contributed by atoms with Crippen molar-refractivity contribution in [2.24, 2.45) is 0 Å². The maximum Gasteiger partial charge on any atom is 0.125 e. The Balaban J connectivity index is 2.47. The van der Waals surface area contributed by atoms with Crippen molar-refractivity contribution in [1.29, 1.82) is 0 Å². The third-order valence-corrected chi connectivity index (χ3v) is 5.19. The molecule has 1 N–H and O–H groups in total. The second-order valence-electron chi connectivity index (χ2n) is 4.48. The van der Waals surface area contributed by atoms with Gasteiger partial charge in [0.2, 0.25) is 0 Å². The lowest BCUT2D eigenvalue weighted by Gasteiger charge is -2.20. The van der Waals surface area contributed by atoms with E-state index in [9.17, 15) is 0 Å². The van der Waals surface area contributed by atoms with Gasteiger partial charge in [-0.1, -0.05) is 40.5 Å². The third-order valence-electron chi connectivity index (χ3n) is 3.08. The molecule has 0 aliphatic rings. The highest BCUT2D eigenvalue weighted by molar-refractivity contribution is 9.10. The molecule has 1 heterocycles. The van der Waals surface area contributed by atoms with Gasteiger partial charge in [0.05, 0.1) is 17.5 Å². The minimum Gasteiger partial charge on any atom is -0.496 e. The number of thiophene rings is 1. The number of halogens is 2. The van der Waals surface area contributed by atoms with Crippen LogP contribution in [0.5, 0.6) is 5.75 Å². The highest BCUT2D eigenvalue weighted by Crippen LogP contribution is 2.38. The molecule has 1 atom stereocenters. The molecule has 2 nitrogen and oxygen atoms in total. The van der Waals surface area contributed by atoms with E-state index in [4.69, 9.17) is 16.3 Å². The Kier molecular flexibility index (Phi) is 5.49. The van der Waals surface area contributed by atoms with Crippen LogP contribution in [0.25, 0.3) is 0 Å². The van der Waals surface area contributed by atoms with E-state index in [0.29, 0.717) is 0 Å². The summed E-state index contributed by atoms with van der Waals surface area (Å²) >= 11 is 11.3. The van der Waals surface area contributed by atoms with Crippen molar-refractivity contribution in [3.8, 4) is 5.75 Å². The topological polar surface area (TPSA) is 21.3 Å². The summed E-state index contributed by atoms with van der Waals surface area (Å²) < 4.78 is 7.37. The average molecular weight is 375 g/mol.